The summed E-state index contributed by atoms with van der Waals surface area (Å²) in [4.78, 5) is 0. The lowest BCUT2D eigenvalue weighted by molar-refractivity contribution is 0.262. The first-order valence-corrected chi connectivity index (χ1v) is 9.50. The minimum absolute atomic E-state index is 0.481. The van der Waals surface area contributed by atoms with Crippen LogP contribution in [-0.2, 0) is 0 Å². The van der Waals surface area contributed by atoms with E-state index in [1.165, 1.54) is 32.1 Å². The van der Waals surface area contributed by atoms with Gasteiger partial charge < -0.3 is 10.6 Å². The van der Waals surface area contributed by atoms with Gasteiger partial charge in [-0.05, 0) is 31.6 Å². The Morgan fingerprint density at radius 2 is 1.50 bits per heavy atom. The van der Waals surface area contributed by atoms with Crippen LogP contribution in [0.25, 0.3) is 0 Å². The maximum atomic E-state index is 4.61. The van der Waals surface area contributed by atoms with Crippen LogP contribution in [0.4, 0.5) is 0 Å². The topological polar surface area (TPSA) is 24.1 Å². The SMILES string of the molecule is CCC(S)CNCC(NCC(S)CC)C1CCCCC1. The zero-order valence-electron chi connectivity index (χ0n) is 13.3. The number of hydrogen-bond acceptors (Lipinski definition) is 4. The first-order chi connectivity index (χ1) is 9.67. The van der Waals surface area contributed by atoms with E-state index in [1.807, 2.05) is 0 Å². The molecular formula is C16H34N2S2. The van der Waals surface area contributed by atoms with Crippen LogP contribution < -0.4 is 10.6 Å². The highest BCUT2D eigenvalue weighted by Crippen LogP contribution is 2.26. The summed E-state index contributed by atoms with van der Waals surface area (Å²) >= 11 is 9.18. The highest BCUT2D eigenvalue weighted by molar-refractivity contribution is 7.81. The van der Waals surface area contributed by atoms with Gasteiger partial charge in [-0.15, -0.1) is 0 Å². The first kappa shape index (κ1) is 18.7. The molecule has 0 aromatic heterocycles. The highest BCUT2D eigenvalue weighted by atomic mass is 32.1. The molecule has 0 heterocycles. The summed E-state index contributed by atoms with van der Waals surface area (Å²) in [7, 11) is 0. The van der Waals surface area contributed by atoms with Gasteiger partial charge in [0.25, 0.3) is 0 Å². The molecule has 1 aliphatic rings. The summed E-state index contributed by atoms with van der Waals surface area (Å²) in [5.41, 5.74) is 0. The molecule has 0 aromatic rings. The summed E-state index contributed by atoms with van der Waals surface area (Å²) in [6.07, 6.45) is 9.29. The second kappa shape index (κ2) is 11.2. The normalized spacial score (nSPS) is 21.6. The Bertz CT molecular complexity index is 233. The van der Waals surface area contributed by atoms with Crippen molar-refractivity contribution < 1.29 is 0 Å². The molecule has 1 saturated carbocycles. The second-order valence-corrected chi connectivity index (χ2v) is 7.66. The summed E-state index contributed by atoms with van der Waals surface area (Å²) in [6.45, 7) is 7.53. The molecule has 4 heteroatoms. The number of thiol groups is 2. The van der Waals surface area contributed by atoms with E-state index in [0.717, 1.165) is 38.4 Å². The van der Waals surface area contributed by atoms with Crippen molar-refractivity contribution in [3.63, 3.8) is 0 Å². The molecule has 2 N–H and O–H groups in total. The van der Waals surface area contributed by atoms with Gasteiger partial charge in [-0.1, -0.05) is 33.1 Å². The highest BCUT2D eigenvalue weighted by Gasteiger charge is 2.23. The lowest BCUT2D eigenvalue weighted by Gasteiger charge is -2.32. The van der Waals surface area contributed by atoms with Gasteiger partial charge >= 0.3 is 0 Å². The maximum absolute atomic E-state index is 4.61. The third-order valence-corrected chi connectivity index (χ3v) is 5.62. The van der Waals surface area contributed by atoms with Crippen molar-refractivity contribution in [1.29, 1.82) is 0 Å². The van der Waals surface area contributed by atoms with Crippen molar-refractivity contribution in [2.45, 2.75) is 75.3 Å². The van der Waals surface area contributed by atoms with Crippen LogP contribution in [0.15, 0.2) is 0 Å². The zero-order valence-corrected chi connectivity index (χ0v) is 15.1. The second-order valence-electron chi connectivity index (χ2n) is 6.20. The molecule has 0 radical (unpaired) electrons. The molecule has 0 bridgehead atoms. The molecule has 1 aliphatic carbocycles. The molecule has 20 heavy (non-hydrogen) atoms. The smallest absolute Gasteiger partial charge is 0.0221 e. The quantitative estimate of drug-likeness (QED) is 0.463. The van der Waals surface area contributed by atoms with Gasteiger partial charge in [0, 0.05) is 36.2 Å². The molecule has 3 unspecified atom stereocenters. The van der Waals surface area contributed by atoms with Crippen LogP contribution in [0.1, 0.15) is 58.8 Å². The Hall–Kier alpha value is 0.620. The van der Waals surface area contributed by atoms with Crippen LogP contribution in [0, 0.1) is 5.92 Å². The van der Waals surface area contributed by atoms with Crippen molar-refractivity contribution in [3.8, 4) is 0 Å². The van der Waals surface area contributed by atoms with Crippen molar-refractivity contribution in [2.24, 2.45) is 5.92 Å². The van der Waals surface area contributed by atoms with E-state index in [1.54, 1.807) is 0 Å². The van der Waals surface area contributed by atoms with E-state index < -0.39 is 0 Å². The maximum Gasteiger partial charge on any atom is 0.0221 e. The molecule has 0 saturated heterocycles. The minimum atomic E-state index is 0.481. The summed E-state index contributed by atoms with van der Waals surface area (Å²) in [6, 6.07) is 0.605. The largest absolute Gasteiger partial charge is 0.314 e. The Labute approximate surface area is 137 Å². The molecule has 0 spiro atoms. The average Bonchev–Trinajstić information content (AvgIpc) is 2.50. The van der Waals surface area contributed by atoms with E-state index >= 15 is 0 Å². The van der Waals surface area contributed by atoms with Gasteiger partial charge in [-0.2, -0.15) is 25.3 Å². The number of nitrogens with one attached hydrogen (secondary N) is 2. The third kappa shape index (κ3) is 7.58. The summed E-state index contributed by atoms with van der Waals surface area (Å²) in [5, 5.41) is 8.34. The summed E-state index contributed by atoms with van der Waals surface area (Å²) < 4.78 is 0. The average molecular weight is 319 g/mol. The van der Waals surface area contributed by atoms with E-state index in [4.69, 9.17) is 0 Å². The van der Waals surface area contributed by atoms with E-state index in [0.29, 0.717) is 16.5 Å². The first-order valence-electron chi connectivity index (χ1n) is 8.47. The van der Waals surface area contributed by atoms with Gasteiger partial charge in [-0.3, -0.25) is 0 Å². The molecule has 120 valence electrons. The van der Waals surface area contributed by atoms with Crippen LogP contribution in [-0.4, -0.2) is 36.2 Å². The van der Waals surface area contributed by atoms with Crippen LogP contribution >= 0.6 is 25.3 Å². The van der Waals surface area contributed by atoms with Gasteiger partial charge in [0.1, 0.15) is 0 Å². The Morgan fingerprint density at radius 1 is 0.900 bits per heavy atom. The predicted octanol–water partition coefficient (Wildman–Crippen LogP) is 3.53. The summed E-state index contributed by atoms with van der Waals surface area (Å²) in [5.74, 6) is 0.841. The van der Waals surface area contributed by atoms with E-state index in [9.17, 15) is 0 Å². The predicted molar refractivity (Wildman–Crippen MR) is 97.4 cm³/mol. The van der Waals surface area contributed by atoms with Crippen molar-refractivity contribution in [1.82, 2.24) is 10.6 Å². The van der Waals surface area contributed by atoms with Crippen molar-refractivity contribution in [3.05, 3.63) is 0 Å². The Kier molecular flexibility index (Phi) is 10.5. The standard InChI is InChI=1S/C16H34N2S2/c1-3-14(19)10-17-12-16(18-11-15(20)4-2)13-8-6-5-7-9-13/h13-20H,3-12H2,1-2H3. The molecule has 1 fully saturated rings. The van der Waals surface area contributed by atoms with Gasteiger partial charge in [0.15, 0.2) is 0 Å². The number of rotatable bonds is 10. The molecule has 0 aromatic carbocycles. The molecular weight excluding hydrogens is 284 g/mol. The molecule has 0 amide bonds. The monoisotopic (exact) mass is 318 g/mol. The van der Waals surface area contributed by atoms with E-state index in [-0.39, 0.29) is 0 Å². The third-order valence-electron chi connectivity index (χ3n) is 4.52. The molecule has 3 atom stereocenters. The Balaban J connectivity index is 2.36. The Morgan fingerprint density at radius 3 is 2.10 bits per heavy atom. The zero-order chi connectivity index (χ0) is 14.8. The van der Waals surface area contributed by atoms with Gasteiger partial charge in [0.05, 0.1) is 0 Å². The van der Waals surface area contributed by atoms with E-state index in [2.05, 4.69) is 49.7 Å². The van der Waals surface area contributed by atoms with Crippen LogP contribution in [0.2, 0.25) is 0 Å². The van der Waals surface area contributed by atoms with Gasteiger partial charge in [-0.25, -0.2) is 0 Å². The molecule has 0 aliphatic heterocycles. The fourth-order valence-corrected chi connectivity index (χ4v) is 3.16. The van der Waals surface area contributed by atoms with Crippen LogP contribution in [0.3, 0.4) is 0 Å². The minimum Gasteiger partial charge on any atom is -0.314 e. The fraction of sp³-hybridized carbons (Fsp3) is 1.00. The van der Waals surface area contributed by atoms with Crippen molar-refractivity contribution in [2.75, 3.05) is 19.6 Å². The lowest BCUT2D eigenvalue weighted by atomic mass is 9.83. The van der Waals surface area contributed by atoms with Gasteiger partial charge in [0.2, 0.25) is 0 Å². The molecule has 1 rings (SSSR count). The van der Waals surface area contributed by atoms with Crippen LogP contribution in [0.5, 0.6) is 0 Å². The lowest BCUT2D eigenvalue weighted by Crippen LogP contribution is -2.47. The molecule has 2 nitrogen and oxygen atoms in total. The van der Waals surface area contributed by atoms with Crippen molar-refractivity contribution >= 4 is 25.3 Å². The fourth-order valence-electron chi connectivity index (χ4n) is 2.92. The number of hydrogen-bond donors (Lipinski definition) is 4.